The molecule has 0 unspecified atom stereocenters. The molecule has 3 aromatic rings. The summed E-state index contributed by atoms with van der Waals surface area (Å²) in [7, 11) is 0. The van der Waals surface area contributed by atoms with Crippen molar-refractivity contribution in [3.63, 3.8) is 0 Å². The third kappa shape index (κ3) is 3.95. The van der Waals surface area contributed by atoms with Crippen LogP contribution in [0.2, 0.25) is 0 Å². The quantitative estimate of drug-likeness (QED) is 0.635. The van der Waals surface area contributed by atoms with Crippen LogP contribution in [0.4, 0.5) is 0 Å². The van der Waals surface area contributed by atoms with Gasteiger partial charge >= 0.3 is 0 Å². The van der Waals surface area contributed by atoms with Crippen molar-refractivity contribution in [1.82, 2.24) is 9.88 Å². The van der Waals surface area contributed by atoms with Crippen LogP contribution >= 0.6 is 0 Å². The summed E-state index contributed by atoms with van der Waals surface area (Å²) in [6.07, 6.45) is 2.58. The second-order valence-electron chi connectivity index (χ2n) is 7.95. The minimum Gasteiger partial charge on any atom is -0.454 e. The largest absolute Gasteiger partial charge is 0.454 e. The van der Waals surface area contributed by atoms with Crippen LogP contribution in [0.15, 0.2) is 48.7 Å². The van der Waals surface area contributed by atoms with Crippen molar-refractivity contribution in [2.45, 2.75) is 39.7 Å². The molecule has 0 fully saturated rings. The smallest absolute Gasteiger partial charge is 0.231 e. The Morgan fingerprint density at radius 1 is 1.14 bits per heavy atom. The van der Waals surface area contributed by atoms with E-state index in [2.05, 4.69) is 61.1 Å². The fourth-order valence-electron chi connectivity index (χ4n) is 3.93. The van der Waals surface area contributed by atoms with Crippen LogP contribution in [-0.4, -0.2) is 23.8 Å². The van der Waals surface area contributed by atoms with E-state index in [1.165, 1.54) is 16.5 Å². The summed E-state index contributed by atoms with van der Waals surface area (Å²) in [6, 6.07) is 14.4. The van der Waals surface area contributed by atoms with E-state index in [1.54, 1.807) is 0 Å². The molecular weight excluding hydrogens is 364 g/mol. The molecule has 5 nitrogen and oxygen atoms in total. The SMILES string of the molecule is CCn1cc([C@H](CC(=O)NCC(C)C)c2ccc3c(c2)OCO3)c2ccccc21. The Morgan fingerprint density at radius 2 is 1.93 bits per heavy atom. The van der Waals surface area contributed by atoms with E-state index in [0.29, 0.717) is 18.9 Å². The van der Waals surface area contributed by atoms with E-state index in [-0.39, 0.29) is 18.6 Å². The number of aromatic nitrogens is 1. The summed E-state index contributed by atoms with van der Waals surface area (Å²) in [5, 5.41) is 4.26. The molecule has 1 aliphatic heterocycles. The molecule has 0 bridgehead atoms. The lowest BCUT2D eigenvalue weighted by atomic mass is 9.87. The van der Waals surface area contributed by atoms with Gasteiger partial charge in [0.25, 0.3) is 0 Å². The van der Waals surface area contributed by atoms with Crippen molar-refractivity contribution in [3.8, 4) is 11.5 Å². The molecular formula is C24H28N2O3. The Bertz CT molecular complexity index is 1020. The number of aryl methyl sites for hydroxylation is 1. The molecule has 0 aliphatic carbocycles. The molecule has 1 aromatic heterocycles. The number of fused-ring (bicyclic) bond motifs is 2. The highest BCUT2D eigenvalue weighted by Crippen LogP contribution is 2.40. The van der Waals surface area contributed by atoms with Gasteiger partial charge in [0.1, 0.15) is 0 Å². The lowest BCUT2D eigenvalue weighted by Crippen LogP contribution is -2.28. The topological polar surface area (TPSA) is 52.5 Å². The third-order valence-corrected chi connectivity index (χ3v) is 5.43. The maximum Gasteiger partial charge on any atom is 0.231 e. The standard InChI is InChI=1S/C24H28N2O3/c1-4-26-14-20(18-7-5-6-8-21(18)26)19(12-24(27)25-13-16(2)3)17-9-10-22-23(11-17)29-15-28-22/h5-11,14,16,19H,4,12-13,15H2,1-3H3,(H,25,27)/t19-/m1/s1. The van der Waals surface area contributed by atoms with Gasteiger partial charge in [-0.15, -0.1) is 0 Å². The number of benzene rings is 2. The molecule has 2 heterocycles. The summed E-state index contributed by atoms with van der Waals surface area (Å²) in [5.74, 6) is 1.93. The summed E-state index contributed by atoms with van der Waals surface area (Å²) >= 11 is 0. The molecule has 1 amide bonds. The number of rotatable bonds is 7. The predicted octanol–water partition coefficient (Wildman–Crippen LogP) is 4.68. The normalized spacial score (nSPS) is 13.8. The van der Waals surface area contributed by atoms with Gasteiger partial charge in [-0.3, -0.25) is 4.79 Å². The molecule has 4 rings (SSSR count). The molecule has 2 aromatic carbocycles. The number of amides is 1. The first kappa shape index (κ1) is 19.4. The molecule has 1 atom stereocenters. The van der Waals surface area contributed by atoms with E-state index in [1.807, 2.05) is 18.2 Å². The molecule has 1 aliphatic rings. The Hall–Kier alpha value is -2.95. The highest BCUT2D eigenvalue weighted by atomic mass is 16.7. The monoisotopic (exact) mass is 392 g/mol. The highest BCUT2D eigenvalue weighted by Gasteiger charge is 2.25. The van der Waals surface area contributed by atoms with E-state index in [0.717, 1.165) is 23.6 Å². The first-order chi connectivity index (χ1) is 14.1. The Balaban J connectivity index is 1.75. The fourth-order valence-corrected chi connectivity index (χ4v) is 3.93. The van der Waals surface area contributed by atoms with Crippen molar-refractivity contribution in [2.75, 3.05) is 13.3 Å². The summed E-state index contributed by atoms with van der Waals surface area (Å²) < 4.78 is 13.3. The molecule has 5 heteroatoms. The van der Waals surface area contributed by atoms with Gasteiger partial charge in [-0.05, 0) is 42.2 Å². The maximum absolute atomic E-state index is 12.8. The van der Waals surface area contributed by atoms with Gasteiger partial charge in [-0.1, -0.05) is 38.1 Å². The van der Waals surface area contributed by atoms with Gasteiger partial charge in [-0.25, -0.2) is 0 Å². The molecule has 0 spiro atoms. The number of carbonyl (C=O) groups is 1. The average molecular weight is 392 g/mol. The second kappa shape index (κ2) is 8.19. The Labute approximate surface area is 171 Å². The van der Waals surface area contributed by atoms with Gasteiger partial charge in [-0.2, -0.15) is 0 Å². The van der Waals surface area contributed by atoms with Crippen LogP contribution in [0.3, 0.4) is 0 Å². The van der Waals surface area contributed by atoms with Gasteiger partial charge in [0.2, 0.25) is 12.7 Å². The first-order valence-corrected chi connectivity index (χ1v) is 10.3. The van der Waals surface area contributed by atoms with Gasteiger partial charge in [0.05, 0.1) is 0 Å². The molecule has 1 N–H and O–H groups in total. The van der Waals surface area contributed by atoms with Crippen molar-refractivity contribution in [3.05, 3.63) is 59.8 Å². The van der Waals surface area contributed by atoms with Crippen LogP contribution in [0.5, 0.6) is 11.5 Å². The zero-order valence-electron chi connectivity index (χ0n) is 17.3. The number of ether oxygens (including phenoxy) is 2. The van der Waals surface area contributed by atoms with E-state index in [4.69, 9.17) is 9.47 Å². The van der Waals surface area contributed by atoms with Crippen LogP contribution in [0, 0.1) is 5.92 Å². The van der Waals surface area contributed by atoms with Crippen LogP contribution in [0.25, 0.3) is 10.9 Å². The van der Waals surface area contributed by atoms with Crippen molar-refractivity contribution >= 4 is 16.8 Å². The number of carbonyl (C=O) groups excluding carboxylic acids is 1. The molecule has 0 saturated carbocycles. The van der Waals surface area contributed by atoms with Crippen LogP contribution < -0.4 is 14.8 Å². The first-order valence-electron chi connectivity index (χ1n) is 10.3. The lowest BCUT2D eigenvalue weighted by molar-refractivity contribution is -0.121. The average Bonchev–Trinajstić information content (AvgIpc) is 3.34. The third-order valence-electron chi connectivity index (χ3n) is 5.43. The summed E-state index contributed by atoms with van der Waals surface area (Å²) in [6.45, 7) is 8.15. The van der Waals surface area contributed by atoms with E-state index < -0.39 is 0 Å². The Kier molecular flexibility index (Phi) is 5.47. The van der Waals surface area contributed by atoms with Gasteiger partial charge < -0.3 is 19.4 Å². The van der Waals surface area contributed by atoms with Crippen molar-refractivity contribution < 1.29 is 14.3 Å². The zero-order chi connectivity index (χ0) is 20.4. The minimum atomic E-state index is -0.0608. The number of hydrogen-bond donors (Lipinski definition) is 1. The van der Waals surface area contributed by atoms with Crippen LogP contribution in [-0.2, 0) is 11.3 Å². The lowest BCUT2D eigenvalue weighted by Gasteiger charge is -2.18. The number of para-hydroxylation sites is 1. The molecule has 0 radical (unpaired) electrons. The van der Waals surface area contributed by atoms with E-state index >= 15 is 0 Å². The number of nitrogens with one attached hydrogen (secondary N) is 1. The van der Waals surface area contributed by atoms with Crippen LogP contribution in [0.1, 0.15) is 44.2 Å². The maximum atomic E-state index is 12.8. The fraction of sp³-hybridized carbons (Fsp3) is 0.375. The predicted molar refractivity (Wildman–Crippen MR) is 114 cm³/mol. The second-order valence-corrected chi connectivity index (χ2v) is 7.95. The number of hydrogen-bond acceptors (Lipinski definition) is 3. The highest BCUT2D eigenvalue weighted by molar-refractivity contribution is 5.86. The van der Waals surface area contributed by atoms with Crippen molar-refractivity contribution in [1.29, 1.82) is 0 Å². The summed E-state index contributed by atoms with van der Waals surface area (Å²) in [5.41, 5.74) is 3.42. The van der Waals surface area contributed by atoms with E-state index in [9.17, 15) is 4.79 Å². The summed E-state index contributed by atoms with van der Waals surface area (Å²) in [4.78, 5) is 12.8. The van der Waals surface area contributed by atoms with Gasteiger partial charge in [0, 0.05) is 42.5 Å². The number of nitrogens with zero attached hydrogens (tertiary/aromatic N) is 1. The minimum absolute atomic E-state index is 0.0608. The molecule has 152 valence electrons. The zero-order valence-corrected chi connectivity index (χ0v) is 17.3. The molecule has 0 saturated heterocycles. The Morgan fingerprint density at radius 3 is 2.72 bits per heavy atom. The van der Waals surface area contributed by atoms with Gasteiger partial charge in [0.15, 0.2) is 11.5 Å². The van der Waals surface area contributed by atoms with Crippen molar-refractivity contribution in [2.24, 2.45) is 5.92 Å². The molecule has 29 heavy (non-hydrogen) atoms.